The Hall–Kier alpha value is -2.87. The molecule has 0 saturated heterocycles. The molecule has 2 aromatic carbocycles. The van der Waals surface area contributed by atoms with Gasteiger partial charge in [0.15, 0.2) is 9.84 Å². The zero-order valence-electron chi connectivity index (χ0n) is 14.6. The standard InChI is InChI=1S/C18H21N3O4S/c1-19-18(23)13-7-9-15(10-8-13)21-17(22)11-20-16-6-4-3-5-14(16)12-26(2,24)25/h3-10,20H,11-12H2,1-2H3,(H,19,23)(H,21,22). The highest BCUT2D eigenvalue weighted by Gasteiger charge is 2.10. The van der Waals surface area contributed by atoms with Crippen molar-refractivity contribution in [3.8, 4) is 0 Å². The topological polar surface area (TPSA) is 104 Å². The van der Waals surface area contributed by atoms with E-state index in [2.05, 4.69) is 16.0 Å². The molecule has 2 amide bonds. The maximum Gasteiger partial charge on any atom is 0.251 e. The zero-order chi connectivity index (χ0) is 19.2. The first kappa shape index (κ1) is 19.5. The van der Waals surface area contributed by atoms with E-state index >= 15 is 0 Å². The second-order valence-corrected chi connectivity index (χ2v) is 7.93. The highest BCUT2D eigenvalue weighted by Crippen LogP contribution is 2.17. The van der Waals surface area contributed by atoms with Crippen molar-refractivity contribution in [2.45, 2.75) is 5.75 Å². The summed E-state index contributed by atoms with van der Waals surface area (Å²) in [5, 5.41) is 8.19. The molecule has 0 aliphatic carbocycles. The van der Waals surface area contributed by atoms with E-state index in [0.717, 1.165) is 0 Å². The monoisotopic (exact) mass is 375 g/mol. The van der Waals surface area contributed by atoms with E-state index < -0.39 is 9.84 Å². The molecule has 2 aromatic rings. The van der Waals surface area contributed by atoms with E-state index in [1.165, 1.54) is 6.26 Å². The fourth-order valence-electron chi connectivity index (χ4n) is 2.33. The molecule has 0 unspecified atom stereocenters. The molecule has 8 heteroatoms. The molecular formula is C18H21N3O4S. The number of hydrogen-bond donors (Lipinski definition) is 3. The largest absolute Gasteiger partial charge is 0.376 e. The van der Waals surface area contributed by atoms with Gasteiger partial charge < -0.3 is 16.0 Å². The van der Waals surface area contributed by atoms with Crippen LogP contribution in [0.1, 0.15) is 15.9 Å². The van der Waals surface area contributed by atoms with Gasteiger partial charge in [-0.2, -0.15) is 0 Å². The Balaban J connectivity index is 1.96. The summed E-state index contributed by atoms with van der Waals surface area (Å²) < 4.78 is 23.0. The highest BCUT2D eigenvalue weighted by molar-refractivity contribution is 7.89. The van der Waals surface area contributed by atoms with Crippen LogP contribution in [0, 0.1) is 0 Å². The Bertz CT molecular complexity index is 893. The van der Waals surface area contributed by atoms with Crippen molar-refractivity contribution in [2.24, 2.45) is 0 Å². The lowest BCUT2D eigenvalue weighted by molar-refractivity contribution is -0.114. The molecule has 0 aliphatic rings. The van der Waals surface area contributed by atoms with Crippen LogP contribution in [0.3, 0.4) is 0 Å². The SMILES string of the molecule is CNC(=O)c1ccc(NC(=O)CNc2ccccc2CS(C)(=O)=O)cc1. The van der Waals surface area contributed by atoms with Crippen LogP contribution in [-0.4, -0.2) is 40.1 Å². The first-order chi connectivity index (χ1) is 12.3. The predicted molar refractivity (Wildman–Crippen MR) is 102 cm³/mol. The Morgan fingerprint density at radius 1 is 1.00 bits per heavy atom. The molecule has 2 rings (SSSR count). The van der Waals surface area contributed by atoms with Crippen LogP contribution in [0.25, 0.3) is 0 Å². The maximum atomic E-state index is 12.1. The van der Waals surface area contributed by atoms with Gasteiger partial charge in [-0.15, -0.1) is 0 Å². The zero-order valence-corrected chi connectivity index (χ0v) is 15.4. The van der Waals surface area contributed by atoms with Crippen molar-refractivity contribution < 1.29 is 18.0 Å². The van der Waals surface area contributed by atoms with Crippen LogP contribution < -0.4 is 16.0 Å². The van der Waals surface area contributed by atoms with Gasteiger partial charge in [-0.05, 0) is 35.9 Å². The molecular weight excluding hydrogens is 354 g/mol. The van der Waals surface area contributed by atoms with E-state index in [9.17, 15) is 18.0 Å². The summed E-state index contributed by atoms with van der Waals surface area (Å²) in [5.74, 6) is -0.586. The third-order valence-corrected chi connectivity index (χ3v) is 4.37. The van der Waals surface area contributed by atoms with E-state index in [0.29, 0.717) is 22.5 Å². The first-order valence-corrected chi connectivity index (χ1v) is 9.96. The Labute approximate surface area is 152 Å². The van der Waals surface area contributed by atoms with Gasteiger partial charge in [0.2, 0.25) is 5.91 Å². The van der Waals surface area contributed by atoms with Crippen LogP contribution in [-0.2, 0) is 20.4 Å². The van der Waals surface area contributed by atoms with Crippen molar-refractivity contribution in [1.29, 1.82) is 0 Å². The number of hydrogen-bond acceptors (Lipinski definition) is 5. The van der Waals surface area contributed by atoms with Gasteiger partial charge in [0.1, 0.15) is 0 Å². The van der Waals surface area contributed by atoms with Gasteiger partial charge in [-0.3, -0.25) is 9.59 Å². The third-order valence-electron chi connectivity index (χ3n) is 3.53. The van der Waals surface area contributed by atoms with Crippen LogP contribution in [0.5, 0.6) is 0 Å². The number of rotatable bonds is 7. The summed E-state index contributed by atoms with van der Waals surface area (Å²) in [4.78, 5) is 23.6. The summed E-state index contributed by atoms with van der Waals surface area (Å²) in [6.45, 7) is -0.0159. The highest BCUT2D eigenvalue weighted by atomic mass is 32.2. The van der Waals surface area contributed by atoms with E-state index in [1.807, 2.05) is 0 Å². The minimum atomic E-state index is -3.17. The minimum Gasteiger partial charge on any atom is -0.376 e. The lowest BCUT2D eigenvalue weighted by Crippen LogP contribution is -2.22. The molecule has 0 heterocycles. The normalized spacial score (nSPS) is 10.8. The summed E-state index contributed by atoms with van der Waals surface area (Å²) in [7, 11) is -1.63. The molecule has 0 bridgehead atoms. The Morgan fingerprint density at radius 2 is 1.65 bits per heavy atom. The average molecular weight is 375 g/mol. The van der Waals surface area contributed by atoms with Gasteiger partial charge in [0, 0.05) is 30.2 Å². The van der Waals surface area contributed by atoms with Gasteiger partial charge in [-0.1, -0.05) is 18.2 Å². The number of amides is 2. The molecule has 0 aliphatic heterocycles. The fourth-order valence-corrected chi connectivity index (χ4v) is 3.15. The molecule has 0 spiro atoms. The average Bonchev–Trinajstić information content (AvgIpc) is 2.59. The summed E-state index contributed by atoms with van der Waals surface area (Å²) >= 11 is 0. The number of para-hydroxylation sites is 1. The lowest BCUT2D eigenvalue weighted by Gasteiger charge is -2.12. The molecule has 0 saturated carbocycles. The van der Waals surface area contributed by atoms with Crippen LogP contribution >= 0.6 is 0 Å². The molecule has 26 heavy (non-hydrogen) atoms. The number of benzene rings is 2. The molecule has 0 fully saturated rings. The number of carbonyl (C=O) groups is 2. The van der Waals surface area contributed by atoms with Crippen LogP contribution in [0.15, 0.2) is 48.5 Å². The molecule has 0 aromatic heterocycles. The number of anilines is 2. The van der Waals surface area contributed by atoms with Gasteiger partial charge >= 0.3 is 0 Å². The van der Waals surface area contributed by atoms with Gasteiger partial charge in [0.25, 0.3) is 5.91 Å². The van der Waals surface area contributed by atoms with Crippen molar-refractivity contribution >= 4 is 33.0 Å². The second kappa shape index (κ2) is 8.48. The molecule has 0 radical (unpaired) electrons. The Kier molecular flexibility index (Phi) is 6.35. The summed E-state index contributed by atoms with van der Waals surface area (Å²) in [6, 6.07) is 13.5. The van der Waals surface area contributed by atoms with E-state index in [4.69, 9.17) is 0 Å². The predicted octanol–water partition coefficient (Wildman–Crippen LogP) is 1.64. The molecule has 0 atom stereocenters. The van der Waals surface area contributed by atoms with Crippen molar-refractivity contribution in [2.75, 3.05) is 30.5 Å². The number of nitrogens with one attached hydrogen (secondary N) is 3. The Morgan fingerprint density at radius 3 is 2.27 bits per heavy atom. The molecule has 7 nitrogen and oxygen atoms in total. The van der Waals surface area contributed by atoms with Crippen LogP contribution in [0.2, 0.25) is 0 Å². The van der Waals surface area contributed by atoms with Crippen molar-refractivity contribution in [3.63, 3.8) is 0 Å². The first-order valence-electron chi connectivity index (χ1n) is 7.90. The third kappa shape index (κ3) is 5.89. The van der Waals surface area contributed by atoms with E-state index in [-0.39, 0.29) is 24.1 Å². The minimum absolute atomic E-state index is 0.0159. The number of sulfone groups is 1. The van der Waals surface area contributed by atoms with E-state index in [1.54, 1.807) is 55.6 Å². The molecule has 138 valence electrons. The lowest BCUT2D eigenvalue weighted by atomic mass is 10.2. The van der Waals surface area contributed by atoms with Crippen LogP contribution in [0.4, 0.5) is 11.4 Å². The summed E-state index contributed by atoms with van der Waals surface area (Å²) in [6.07, 6.45) is 1.17. The van der Waals surface area contributed by atoms with Gasteiger partial charge in [-0.25, -0.2) is 8.42 Å². The molecule has 3 N–H and O–H groups in total. The van der Waals surface area contributed by atoms with Gasteiger partial charge in [0.05, 0.1) is 12.3 Å². The van der Waals surface area contributed by atoms with Crippen molar-refractivity contribution in [3.05, 3.63) is 59.7 Å². The maximum absolute atomic E-state index is 12.1. The quantitative estimate of drug-likeness (QED) is 0.682. The second-order valence-electron chi connectivity index (χ2n) is 5.79. The fraction of sp³-hybridized carbons (Fsp3) is 0.222. The smallest absolute Gasteiger partial charge is 0.251 e. The number of carbonyl (C=O) groups excluding carboxylic acids is 2. The van der Waals surface area contributed by atoms with Crippen molar-refractivity contribution in [1.82, 2.24) is 5.32 Å². The summed E-state index contributed by atoms with van der Waals surface area (Å²) in [5.41, 5.74) is 2.27.